The molecule has 0 unspecified atom stereocenters. The summed E-state index contributed by atoms with van der Waals surface area (Å²) in [4.78, 5) is 10.6. The zero-order chi connectivity index (χ0) is 26.3. The predicted molar refractivity (Wildman–Crippen MR) is 134 cm³/mol. The van der Waals surface area contributed by atoms with Crippen molar-refractivity contribution >= 4 is 33.3 Å². The molecule has 0 aliphatic carbocycles. The Morgan fingerprint density at radius 1 is 0.889 bits per heavy atom. The van der Waals surface area contributed by atoms with Crippen molar-refractivity contribution in [3.8, 4) is 23.0 Å². The molecule has 36 heavy (non-hydrogen) atoms. The van der Waals surface area contributed by atoms with E-state index in [9.17, 15) is 18.5 Å². The van der Waals surface area contributed by atoms with Crippen molar-refractivity contribution in [1.82, 2.24) is 0 Å². The third-order valence-corrected chi connectivity index (χ3v) is 6.28. The van der Waals surface area contributed by atoms with E-state index in [0.717, 1.165) is 6.07 Å². The Kier molecular flexibility index (Phi) is 8.17. The molecular weight excluding hydrogens is 492 g/mol. The van der Waals surface area contributed by atoms with Crippen LogP contribution in [0.5, 0.6) is 23.0 Å². The third-order valence-electron chi connectivity index (χ3n) is 4.90. The van der Waals surface area contributed by atoms with Crippen LogP contribution in [0.3, 0.4) is 0 Å². The highest BCUT2D eigenvalue weighted by molar-refractivity contribution is 7.92. The number of hydrazone groups is 1. The first kappa shape index (κ1) is 26.1. The van der Waals surface area contributed by atoms with E-state index in [-0.39, 0.29) is 16.3 Å². The van der Waals surface area contributed by atoms with E-state index < -0.39 is 20.6 Å². The first-order chi connectivity index (χ1) is 17.2. The Morgan fingerprint density at radius 2 is 1.53 bits per heavy atom. The van der Waals surface area contributed by atoms with Crippen LogP contribution < -0.4 is 29.1 Å². The lowest BCUT2D eigenvalue weighted by Crippen LogP contribution is -2.13. The van der Waals surface area contributed by atoms with E-state index in [4.69, 9.17) is 18.9 Å². The summed E-state index contributed by atoms with van der Waals surface area (Å²) >= 11 is 0. The van der Waals surface area contributed by atoms with Gasteiger partial charge in [0.25, 0.3) is 15.7 Å². The summed E-state index contributed by atoms with van der Waals surface area (Å²) in [6.07, 6.45) is 1.39. The minimum absolute atomic E-state index is 0.00732. The number of ether oxygens (including phenoxy) is 4. The maximum atomic E-state index is 12.8. The Hall–Kier alpha value is -4.52. The lowest BCUT2D eigenvalue weighted by molar-refractivity contribution is -0.384. The molecule has 0 amide bonds. The van der Waals surface area contributed by atoms with E-state index in [1.165, 1.54) is 58.9 Å². The number of nitrogens with one attached hydrogen (secondary N) is 2. The number of rotatable bonds is 11. The molecule has 12 nitrogen and oxygen atoms in total. The van der Waals surface area contributed by atoms with E-state index >= 15 is 0 Å². The quantitative estimate of drug-likeness (QED) is 0.220. The van der Waals surface area contributed by atoms with Gasteiger partial charge in [-0.1, -0.05) is 0 Å². The van der Waals surface area contributed by atoms with Gasteiger partial charge in [-0.2, -0.15) is 5.10 Å². The fourth-order valence-electron chi connectivity index (χ4n) is 3.15. The first-order valence-electron chi connectivity index (χ1n) is 10.3. The van der Waals surface area contributed by atoms with Gasteiger partial charge in [0.1, 0.15) is 11.4 Å². The third kappa shape index (κ3) is 5.93. The number of benzene rings is 3. The van der Waals surface area contributed by atoms with E-state index in [2.05, 4.69) is 15.2 Å². The van der Waals surface area contributed by atoms with Crippen LogP contribution in [0.1, 0.15) is 5.56 Å². The summed E-state index contributed by atoms with van der Waals surface area (Å²) in [5.74, 6) is 1.77. The second-order valence-corrected chi connectivity index (χ2v) is 8.78. The van der Waals surface area contributed by atoms with Gasteiger partial charge in [0.2, 0.25) is 5.75 Å². The highest BCUT2D eigenvalue weighted by atomic mass is 32.2. The van der Waals surface area contributed by atoms with Crippen LogP contribution in [0.25, 0.3) is 0 Å². The fraction of sp³-hybridized carbons (Fsp3) is 0.174. The van der Waals surface area contributed by atoms with E-state index in [0.29, 0.717) is 28.6 Å². The van der Waals surface area contributed by atoms with Crippen LogP contribution in [0.15, 0.2) is 64.6 Å². The van der Waals surface area contributed by atoms with Gasteiger partial charge < -0.3 is 18.9 Å². The molecule has 0 bridgehead atoms. The van der Waals surface area contributed by atoms with Crippen LogP contribution in [0.2, 0.25) is 0 Å². The van der Waals surface area contributed by atoms with Crippen LogP contribution in [0.4, 0.5) is 17.1 Å². The number of anilines is 2. The average Bonchev–Trinajstić information content (AvgIpc) is 2.88. The fourth-order valence-corrected chi connectivity index (χ4v) is 4.23. The molecule has 0 fully saturated rings. The standard InChI is InChI=1S/C23H24N4O8S/c1-32-17-7-5-16(6-8-17)26-36(30,31)18-9-10-19(20(13-18)27(28)29)25-24-14-15-11-21(33-2)23(35-4)22(12-15)34-3/h5-14,25-26H,1-4H3/b24-14-. The Morgan fingerprint density at radius 3 is 2.06 bits per heavy atom. The van der Waals surface area contributed by atoms with Gasteiger partial charge in [-0.15, -0.1) is 0 Å². The van der Waals surface area contributed by atoms with Gasteiger partial charge in [0, 0.05) is 17.3 Å². The maximum Gasteiger partial charge on any atom is 0.295 e. The maximum absolute atomic E-state index is 12.8. The largest absolute Gasteiger partial charge is 0.497 e. The SMILES string of the molecule is COc1ccc(NS(=O)(=O)c2ccc(N/N=C\c3cc(OC)c(OC)c(OC)c3)c([N+](=O)[O-])c2)cc1. The molecule has 0 radical (unpaired) electrons. The summed E-state index contributed by atoms with van der Waals surface area (Å²) in [5.41, 5.74) is 2.92. The molecule has 0 atom stereocenters. The first-order valence-corrected chi connectivity index (χ1v) is 11.7. The average molecular weight is 517 g/mol. The summed E-state index contributed by atoms with van der Waals surface area (Å²) in [7, 11) is 1.82. The van der Waals surface area contributed by atoms with Gasteiger partial charge in [-0.3, -0.25) is 20.3 Å². The normalized spacial score (nSPS) is 11.1. The number of nitro benzene ring substituents is 1. The van der Waals surface area contributed by atoms with Crippen LogP contribution >= 0.6 is 0 Å². The zero-order valence-electron chi connectivity index (χ0n) is 19.8. The monoisotopic (exact) mass is 516 g/mol. The molecule has 0 spiro atoms. The second-order valence-electron chi connectivity index (χ2n) is 7.10. The van der Waals surface area contributed by atoms with Crippen molar-refractivity contribution in [1.29, 1.82) is 0 Å². The molecule has 2 N–H and O–H groups in total. The van der Waals surface area contributed by atoms with Crippen molar-refractivity contribution in [2.75, 3.05) is 38.6 Å². The number of sulfonamides is 1. The highest BCUT2D eigenvalue weighted by Gasteiger charge is 2.22. The summed E-state index contributed by atoms with van der Waals surface area (Å²) in [6.45, 7) is 0. The number of nitrogens with zero attached hydrogens (tertiary/aromatic N) is 2. The molecular formula is C23H24N4O8S. The molecule has 0 saturated carbocycles. The van der Waals surface area contributed by atoms with Crippen LogP contribution in [0, 0.1) is 10.1 Å². The molecule has 0 saturated heterocycles. The predicted octanol–water partition coefficient (Wildman–Crippen LogP) is 3.88. The lowest BCUT2D eigenvalue weighted by Gasteiger charge is -2.12. The van der Waals surface area contributed by atoms with E-state index in [1.807, 2.05) is 0 Å². The molecule has 190 valence electrons. The number of hydrogen-bond donors (Lipinski definition) is 2. The zero-order valence-corrected chi connectivity index (χ0v) is 20.7. The molecule has 3 aromatic carbocycles. The second kappa shape index (κ2) is 11.3. The molecule has 0 aromatic heterocycles. The van der Waals surface area contributed by atoms with Gasteiger partial charge in [-0.25, -0.2) is 8.42 Å². The highest BCUT2D eigenvalue weighted by Crippen LogP contribution is 2.37. The number of hydrogen-bond acceptors (Lipinski definition) is 10. The van der Waals surface area contributed by atoms with Crippen LogP contribution in [-0.2, 0) is 10.0 Å². The van der Waals surface area contributed by atoms with Gasteiger partial charge in [-0.05, 0) is 48.5 Å². The summed E-state index contributed by atoms with van der Waals surface area (Å²) in [6, 6.07) is 12.9. The minimum Gasteiger partial charge on any atom is -0.497 e. The van der Waals surface area contributed by atoms with Gasteiger partial charge in [0.15, 0.2) is 11.5 Å². The summed E-state index contributed by atoms with van der Waals surface area (Å²) < 4.78 is 48.8. The van der Waals surface area contributed by atoms with Gasteiger partial charge in [0.05, 0.1) is 44.5 Å². The van der Waals surface area contributed by atoms with Crippen molar-refractivity contribution in [3.05, 3.63) is 70.3 Å². The molecule has 0 aliphatic rings. The molecule has 3 rings (SSSR count). The van der Waals surface area contributed by atoms with E-state index in [1.54, 1.807) is 24.3 Å². The molecule has 3 aromatic rings. The lowest BCUT2D eigenvalue weighted by atomic mass is 10.2. The number of nitro groups is 1. The van der Waals surface area contributed by atoms with Gasteiger partial charge >= 0.3 is 0 Å². The Bertz CT molecular complexity index is 1350. The summed E-state index contributed by atoms with van der Waals surface area (Å²) in [5, 5.41) is 15.7. The minimum atomic E-state index is -4.09. The molecule has 13 heteroatoms. The number of methoxy groups -OCH3 is 4. The smallest absolute Gasteiger partial charge is 0.295 e. The topological polar surface area (TPSA) is 151 Å². The van der Waals surface area contributed by atoms with Crippen LogP contribution in [-0.4, -0.2) is 48.0 Å². The van der Waals surface area contributed by atoms with Crippen molar-refractivity contribution in [2.24, 2.45) is 5.10 Å². The van der Waals surface area contributed by atoms with Crippen molar-refractivity contribution < 1.29 is 32.3 Å². The van der Waals surface area contributed by atoms with Crippen molar-refractivity contribution in [3.63, 3.8) is 0 Å². The Balaban J connectivity index is 1.84. The Labute approximate surface area is 207 Å². The molecule has 0 aliphatic heterocycles. The van der Waals surface area contributed by atoms with Crippen molar-refractivity contribution in [2.45, 2.75) is 4.90 Å². The molecule has 0 heterocycles.